The van der Waals surface area contributed by atoms with Crippen LogP contribution in [0.5, 0.6) is 0 Å². The maximum absolute atomic E-state index is 12.0. The monoisotopic (exact) mass is 330 g/mol. The molecule has 0 aliphatic rings. The van der Waals surface area contributed by atoms with Gasteiger partial charge in [0.25, 0.3) is 5.56 Å². The molecule has 0 atom stereocenters. The molecule has 2 aromatic carbocycles. The Hall–Kier alpha value is -2.10. The van der Waals surface area contributed by atoms with Crippen LogP contribution >= 0.6 is 23.2 Å². The minimum atomic E-state index is -0.155. The topological polar surface area (TPSA) is 34.9 Å². The second-order valence-electron chi connectivity index (χ2n) is 4.85. The van der Waals surface area contributed by atoms with Crippen molar-refractivity contribution >= 4 is 23.2 Å². The van der Waals surface area contributed by atoms with Gasteiger partial charge in [-0.3, -0.25) is 4.79 Å². The van der Waals surface area contributed by atoms with Gasteiger partial charge in [0.05, 0.1) is 12.2 Å². The summed E-state index contributed by atoms with van der Waals surface area (Å²) in [7, 11) is 0. The predicted molar refractivity (Wildman–Crippen MR) is 89.5 cm³/mol. The Morgan fingerprint density at radius 1 is 0.909 bits per heavy atom. The van der Waals surface area contributed by atoms with Crippen molar-refractivity contribution in [2.75, 3.05) is 0 Å². The van der Waals surface area contributed by atoms with Gasteiger partial charge in [-0.25, -0.2) is 4.68 Å². The highest BCUT2D eigenvalue weighted by molar-refractivity contribution is 6.30. The molecule has 0 amide bonds. The molecule has 0 aliphatic heterocycles. The van der Waals surface area contributed by atoms with Gasteiger partial charge in [0.1, 0.15) is 0 Å². The van der Waals surface area contributed by atoms with Crippen LogP contribution in [0.1, 0.15) is 5.56 Å². The number of halogens is 2. The van der Waals surface area contributed by atoms with Crippen LogP contribution in [0, 0.1) is 0 Å². The summed E-state index contributed by atoms with van der Waals surface area (Å²) >= 11 is 11.9. The standard InChI is InChI=1S/C17H12Cl2N2O/c18-14-6-4-13(5-7-14)16-8-9-17(22)21(20-16)11-12-2-1-3-15(19)10-12/h1-10H,11H2. The predicted octanol–water partition coefficient (Wildman–Crippen LogP) is 4.27. The molecular weight excluding hydrogens is 319 g/mol. The second-order valence-corrected chi connectivity index (χ2v) is 5.72. The van der Waals surface area contributed by atoms with Crippen molar-refractivity contribution in [2.45, 2.75) is 6.54 Å². The molecule has 0 bridgehead atoms. The van der Waals surface area contributed by atoms with Gasteiger partial charge in [0.2, 0.25) is 0 Å². The van der Waals surface area contributed by atoms with Crippen LogP contribution in [-0.2, 0) is 6.54 Å². The van der Waals surface area contributed by atoms with E-state index in [0.717, 1.165) is 16.8 Å². The molecule has 3 aromatic rings. The number of hydrogen-bond donors (Lipinski definition) is 0. The highest BCUT2D eigenvalue weighted by atomic mass is 35.5. The number of nitrogens with zero attached hydrogens (tertiary/aromatic N) is 2. The second kappa shape index (κ2) is 6.34. The highest BCUT2D eigenvalue weighted by Crippen LogP contribution is 2.18. The van der Waals surface area contributed by atoms with Crippen molar-refractivity contribution in [2.24, 2.45) is 0 Å². The first kappa shape index (κ1) is 14.8. The molecule has 22 heavy (non-hydrogen) atoms. The van der Waals surface area contributed by atoms with Crippen LogP contribution in [0.4, 0.5) is 0 Å². The fourth-order valence-corrected chi connectivity index (χ4v) is 2.48. The smallest absolute Gasteiger partial charge is 0.267 e. The van der Waals surface area contributed by atoms with E-state index in [2.05, 4.69) is 5.10 Å². The zero-order chi connectivity index (χ0) is 15.5. The third-order valence-electron chi connectivity index (χ3n) is 3.23. The average Bonchev–Trinajstić information content (AvgIpc) is 2.50. The van der Waals surface area contributed by atoms with E-state index in [1.807, 2.05) is 30.3 Å². The van der Waals surface area contributed by atoms with Gasteiger partial charge in [0.15, 0.2) is 0 Å². The third kappa shape index (κ3) is 3.38. The van der Waals surface area contributed by atoms with Gasteiger partial charge < -0.3 is 0 Å². The van der Waals surface area contributed by atoms with E-state index in [9.17, 15) is 4.79 Å². The van der Waals surface area contributed by atoms with Crippen LogP contribution in [0.2, 0.25) is 10.0 Å². The summed E-state index contributed by atoms with van der Waals surface area (Å²) < 4.78 is 1.43. The molecule has 110 valence electrons. The molecule has 1 heterocycles. The maximum Gasteiger partial charge on any atom is 0.267 e. The Kier molecular flexibility index (Phi) is 4.27. The van der Waals surface area contributed by atoms with Gasteiger partial charge in [-0.2, -0.15) is 5.10 Å². The van der Waals surface area contributed by atoms with Crippen molar-refractivity contribution in [1.82, 2.24) is 9.78 Å². The number of rotatable bonds is 3. The lowest BCUT2D eigenvalue weighted by molar-refractivity contribution is 0.643. The Morgan fingerprint density at radius 2 is 1.68 bits per heavy atom. The Bertz CT molecular complexity index is 857. The molecule has 0 saturated heterocycles. The van der Waals surface area contributed by atoms with E-state index in [0.29, 0.717) is 16.6 Å². The Morgan fingerprint density at radius 3 is 2.41 bits per heavy atom. The summed E-state index contributed by atoms with van der Waals surface area (Å²) in [6, 6.07) is 18.0. The molecule has 0 aliphatic carbocycles. The highest BCUT2D eigenvalue weighted by Gasteiger charge is 2.05. The fourth-order valence-electron chi connectivity index (χ4n) is 2.15. The zero-order valence-corrected chi connectivity index (χ0v) is 13.1. The van der Waals surface area contributed by atoms with Gasteiger partial charge in [-0.15, -0.1) is 0 Å². The molecule has 0 saturated carbocycles. The minimum Gasteiger partial charge on any atom is -0.268 e. The minimum absolute atomic E-state index is 0.155. The van der Waals surface area contributed by atoms with E-state index >= 15 is 0 Å². The number of aromatic nitrogens is 2. The van der Waals surface area contributed by atoms with Crippen molar-refractivity contribution in [3.05, 3.63) is 86.6 Å². The van der Waals surface area contributed by atoms with Crippen molar-refractivity contribution in [3.8, 4) is 11.3 Å². The largest absolute Gasteiger partial charge is 0.268 e. The van der Waals surface area contributed by atoms with E-state index in [1.54, 1.807) is 24.3 Å². The Labute approximate surface area is 137 Å². The van der Waals surface area contributed by atoms with Crippen molar-refractivity contribution in [1.29, 1.82) is 0 Å². The molecule has 3 rings (SSSR count). The molecule has 0 fully saturated rings. The molecule has 0 spiro atoms. The third-order valence-corrected chi connectivity index (χ3v) is 3.72. The van der Waals surface area contributed by atoms with Crippen molar-refractivity contribution in [3.63, 3.8) is 0 Å². The summed E-state index contributed by atoms with van der Waals surface area (Å²) in [6.07, 6.45) is 0. The van der Waals surface area contributed by atoms with Crippen LogP contribution in [0.3, 0.4) is 0 Å². The number of hydrogen-bond acceptors (Lipinski definition) is 2. The van der Waals surface area contributed by atoms with Gasteiger partial charge in [0, 0.05) is 21.7 Å². The first-order valence-electron chi connectivity index (χ1n) is 6.70. The van der Waals surface area contributed by atoms with Crippen LogP contribution in [0.15, 0.2) is 65.5 Å². The van der Waals surface area contributed by atoms with Crippen molar-refractivity contribution < 1.29 is 0 Å². The summed E-state index contributed by atoms with van der Waals surface area (Å²) in [5, 5.41) is 5.72. The molecular formula is C17H12Cl2N2O. The lowest BCUT2D eigenvalue weighted by atomic mass is 10.1. The molecule has 0 unspecified atom stereocenters. The quantitative estimate of drug-likeness (QED) is 0.718. The summed E-state index contributed by atoms with van der Waals surface area (Å²) in [5.74, 6) is 0. The lowest BCUT2D eigenvalue weighted by Gasteiger charge is -2.08. The van der Waals surface area contributed by atoms with Gasteiger partial charge in [-0.1, -0.05) is 47.5 Å². The molecule has 3 nitrogen and oxygen atoms in total. The Balaban J connectivity index is 1.96. The molecule has 5 heteroatoms. The summed E-state index contributed by atoms with van der Waals surface area (Å²) in [6.45, 7) is 0.376. The summed E-state index contributed by atoms with van der Waals surface area (Å²) in [4.78, 5) is 12.0. The SMILES string of the molecule is O=c1ccc(-c2ccc(Cl)cc2)nn1Cc1cccc(Cl)c1. The first-order chi connectivity index (χ1) is 10.6. The van der Waals surface area contributed by atoms with E-state index in [-0.39, 0.29) is 5.56 Å². The fraction of sp³-hybridized carbons (Fsp3) is 0.0588. The lowest BCUT2D eigenvalue weighted by Crippen LogP contribution is -2.22. The van der Waals surface area contributed by atoms with Gasteiger partial charge >= 0.3 is 0 Å². The molecule has 0 radical (unpaired) electrons. The van der Waals surface area contributed by atoms with Crippen LogP contribution < -0.4 is 5.56 Å². The van der Waals surface area contributed by atoms with Gasteiger partial charge in [-0.05, 0) is 35.9 Å². The van der Waals surface area contributed by atoms with E-state index in [4.69, 9.17) is 23.2 Å². The first-order valence-corrected chi connectivity index (χ1v) is 7.46. The maximum atomic E-state index is 12.0. The number of benzene rings is 2. The van der Waals surface area contributed by atoms with Crippen LogP contribution in [-0.4, -0.2) is 9.78 Å². The zero-order valence-electron chi connectivity index (χ0n) is 11.5. The normalized spacial score (nSPS) is 10.6. The summed E-state index contributed by atoms with van der Waals surface area (Å²) in [5.41, 5.74) is 2.40. The average molecular weight is 331 g/mol. The molecule has 0 N–H and O–H groups in total. The van der Waals surface area contributed by atoms with E-state index in [1.165, 1.54) is 10.7 Å². The van der Waals surface area contributed by atoms with Crippen LogP contribution in [0.25, 0.3) is 11.3 Å². The van der Waals surface area contributed by atoms with E-state index < -0.39 is 0 Å². The molecule has 1 aromatic heterocycles.